The lowest BCUT2D eigenvalue weighted by Gasteiger charge is -2.08. The summed E-state index contributed by atoms with van der Waals surface area (Å²) in [5.41, 5.74) is 4.92. The van der Waals surface area contributed by atoms with Crippen molar-refractivity contribution in [1.29, 1.82) is 0 Å². The standard InChI is InChI=1S/C23H31N3O2S/c1-3-4-5-6-7-16-28-22-14-10-20(11-15-22)18-25-26-23(29)24-17-19-8-12-21(27-2)13-9-19/h8-15,18H,3-7,16-17H2,1-2H3,(H2,24,26,29)/b25-18+. The second-order valence-electron chi connectivity index (χ2n) is 6.73. The topological polar surface area (TPSA) is 54.9 Å². The van der Waals surface area contributed by atoms with Crippen LogP contribution >= 0.6 is 12.2 Å². The maximum absolute atomic E-state index is 5.77. The zero-order valence-electron chi connectivity index (χ0n) is 17.3. The first-order chi connectivity index (χ1) is 14.2. The van der Waals surface area contributed by atoms with Crippen molar-refractivity contribution in [3.63, 3.8) is 0 Å². The molecular formula is C23H31N3O2S. The van der Waals surface area contributed by atoms with Crippen molar-refractivity contribution in [2.45, 2.75) is 45.6 Å². The molecule has 156 valence electrons. The Morgan fingerprint density at radius 1 is 0.966 bits per heavy atom. The van der Waals surface area contributed by atoms with Gasteiger partial charge in [0.1, 0.15) is 11.5 Å². The molecule has 2 rings (SSSR count). The average molecular weight is 414 g/mol. The second-order valence-corrected chi connectivity index (χ2v) is 7.14. The highest BCUT2D eigenvalue weighted by molar-refractivity contribution is 7.80. The number of hydrazone groups is 1. The summed E-state index contributed by atoms with van der Waals surface area (Å²) in [4.78, 5) is 0. The van der Waals surface area contributed by atoms with Gasteiger partial charge < -0.3 is 14.8 Å². The highest BCUT2D eigenvalue weighted by atomic mass is 32.1. The van der Waals surface area contributed by atoms with Gasteiger partial charge in [-0.3, -0.25) is 5.43 Å². The molecule has 5 nitrogen and oxygen atoms in total. The zero-order chi connectivity index (χ0) is 20.7. The molecule has 0 spiro atoms. The number of hydrogen-bond donors (Lipinski definition) is 2. The largest absolute Gasteiger partial charge is 0.497 e. The van der Waals surface area contributed by atoms with E-state index in [9.17, 15) is 0 Å². The van der Waals surface area contributed by atoms with Crippen LogP contribution in [0.15, 0.2) is 53.6 Å². The number of unbranched alkanes of at least 4 members (excludes halogenated alkanes) is 4. The molecule has 0 bridgehead atoms. The van der Waals surface area contributed by atoms with Gasteiger partial charge in [-0.05, 0) is 66.2 Å². The molecule has 6 heteroatoms. The minimum atomic E-state index is 0.472. The summed E-state index contributed by atoms with van der Waals surface area (Å²) in [5.74, 6) is 1.73. The minimum Gasteiger partial charge on any atom is -0.497 e. The van der Waals surface area contributed by atoms with Gasteiger partial charge in [0.15, 0.2) is 5.11 Å². The Balaban J connectivity index is 1.65. The fourth-order valence-corrected chi connectivity index (χ4v) is 2.80. The Bertz CT molecular complexity index is 746. The second kappa shape index (κ2) is 13.6. The predicted molar refractivity (Wildman–Crippen MR) is 124 cm³/mol. The van der Waals surface area contributed by atoms with E-state index >= 15 is 0 Å². The van der Waals surface area contributed by atoms with Crippen molar-refractivity contribution >= 4 is 23.5 Å². The molecule has 2 N–H and O–H groups in total. The van der Waals surface area contributed by atoms with Crippen LogP contribution in [0.4, 0.5) is 0 Å². The summed E-state index contributed by atoms with van der Waals surface area (Å²) < 4.78 is 10.9. The normalized spacial score (nSPS) is 10.7. The number of rotatable bonds is 12. The number of nitrogens with zero attached hydrogens (tertiary/aromatic N) is 1. The molecule has 2 aromatic carbocycles. The van der Waals surface area contributed by atoms with Crippen LogP contribution in [0.3, 0.4) is 0 Å². The molecule has 0 unspecified atom stereocenters. The van der Waals surface area contributed by atoms with Gasteiger partial charge in [0.2, 0.25) is 0 Å². The third-order valence-corrected chi connectivity index (χ3v) is 4.62. The predicted octanol–water partition coefficient (Wildman–Crippen LogP) is 5.04. The van der Waals surface area contributed by atoms with Crippen LogP contribution in [0.5, 0.6) is 11.5 Å². The Morgan fingerprint density at radius 2 is 1.66 bits per heavy atom. The lowest BCUT2D eigenvalue weighted by Crippen LogP contribution is -2.31. The molecule has 0 aliphatic heterocycles. The van der Waals surface area contributed by atoms with Crippen molar-refractivity contribution in [2.75, 3.05) is 13.7 Å². The smallest absolute Gasteiger partial charge is 0.187 e. The van der Waals surface area contributed by atoms with Crippen molar-refractivity contribution in [3.8, 4) is 11.5 Å². The number of methoxy groups -OCH3 is 1. The lowest BCUT2D eigenvalue weighted by molar-refractivity contribution is 0.304. The molecule has 0 amide bonds. The third kappa shape index (κ3) is 9.43. The number of nitrogens with one attached hydrogen (secondary N) is 2. The van der Waals surface area contributed by atoms with E-state index in [2.05, 4.69) is 22.8 Å². The molecule has 0 aliphatic carbocycles. The van der Waals surface area contributed by atoms with Crippen molar-refractivity contribution in [2.24, 2.45) is 5.10 Å². The Labute approximate surface area is 179 Å². The van der Waals surface area contributed by atoms with Crippen LogP contribution < -0.4 is 20.2 Å². The average Bonchev–Trinajstić information content (AvgIpc) is 2.76. The van der Waals surface area contributed by atoms with E-state index < -0.39 is 0 Å². The molecule has 0 radical (unpaired) electrons. The molecule has 0 saturated carbocycles. The van der Waals surface area contributed by atoms with Crippen molar-refractivity contribution in [1.82, 2.24) is 10.7 Å². The van der Waals surface area contributed by atoms with E-state index in [4.69, 9.17) is 21.7 Å². The van der Waals surface area contributed by atoms with Gasteiger partial charge in [0.25, 0.3) is 0 Å². The molecule has 29 heavy (non-hydrogen) atoms. The molecule has 0 aromatic heterocycles. The van der Waals surface area contributed by atoms with Crippen LogP contribution in [0.1, 0.15) is 50.2 Å². The van der Waals surface area contributed by atoms with Crippen LogP contribution in [0.2, 0.25) is 0 Å². The van der Waals surface area contributed by atoms with Crippen LogP contribution in [-0.2, 0) is 6.54 Å². The first-order valence-electron chi connectivity index (χ1n) is 10.1. The van der Waals surface area contributed by atoms with E-state index in [1.807, 2.05) is 48.5 Å². The highest BCUT2D eigenvalue weighted by Gasteiger charge is 1.98. The molecule has 0 fully saturated rings. The monoisotopic (exact) mass is 413 g/mol. The maximum Gasteiger partial charge on any atom is 0.187 e. The molecule has 0 heterocycles. The first kappa shape index (κ1) is 22.7. The summed E-state index contributed by atoms with van der Waals surface area (Å²) >= 11 is 5.24. The summed E-state index contributed by atoms with van der Waals surface area (Å²) in [6.45, 7) is 3.62. The van der Waals surface area contributed by atoms with E-state index in [-0.39, 0.29) is 0 Å². The fraction of sp³-hybridized carbons (Fsp3) is 0.391. The SMILES string of the molecule is CCCCCCCOc1ccc(/C=N/NC(=S)NCc2ccc(OC)cc2)cc1. The van der Waals surface area contributed by atoms with Gasteiger partial charge in [-0.25, -0.2) is 0 Å². The van der Waals surface area contributed by atoms with Gasteiger partial charge in [-0.2, -0.15) is 5.10 Å². The van der Waals surface area contributed by atoms with Crippen LogP contribution in [0, 0.1) is 0 Å². The van der Waals surface area contributed by atoms with E-state index in [1.165, 1.54) is 25.7 Å². The Hall–Kier alpha value is -2.60. The van der Waals surface area contributed by atoms with Gasteiger partial charge in [-0.15, -0.1) is 0 Å². The number of ether oxygens (including phenoxy) is 2. The van der Waals surface area contributed by atoms with Gasteiger partial charge >= 0.3 is 0 Å². The van der Waals surface area contributed by atoms with Crippen LogP contribution in [-0.4, -0.2) is 25.0 Å². The fourth-order valence-electron chi connectivity index (χ4n) is 2.68. The zero-order valence-corrected chi connectivity index (χ0v) is 18.1. The summed E-state index contributed by atoms with van der Waals surface area (Å²) in [5, 5.41) is 7.77. The van der Waals surface area contributed by atoms with Crippen molar-refractivity contribution < 1.29 is 9.47 Å². The Morgan fingerprint density at radius 3 is 2.34 bits per heavy atom. The number of hydrogen-bond acceptors (Lipinski definition) is 4. The third-order valence-electron chi connectivity index (χ3n) is 4.39. The van der Waals surface area contributed by atoms with E-state index in [1.54, 1.807) is 13.3 Å². The van der Waals surface area contributed by atoms with Crippen LogP contribution in [0.25, 0.3) is 0 Å². The lowest BCUT2D eigenvalue weighted by atomic mass is 10.2. The maximum atomic E-state index is 5.77. The van der Waals surface area contributed by atoms with Gasteiger partial charge in [0, 0.05) is 6.54 Å². The van der Waals surface area contributed by atoms with Crippen molar-refractivity contribution in [3.05, 3.63) is 59.7 Å². The van der Waals surface area contributed by atoms with E-state index in [0.29, 0.717) is 11.7 Å². The number of thiocarbonyl (C=S) groups is 1. The molecule has 0 saturated heterocycles. The summed E-state index contributed by atoms with van der Waals surface area (Å²) in [7, 11) is 1.65. The molecule has 0 atom stereocenters. The summed E-state index contributed by atoms with van der Waals surface area (Å²) in [6, 6.07) is 15.7. The quantitative estimate of drug-likeness (QED) is 0.221. The minimum absolute atomic E-state index is 0.472. The molecule has 0 aliphatic rings. The molecular weight excluding hydrogens is 382 g/mol. The summed E-state index contributed by atoms with van der Waals surface area (Å²) in [6.07, 6.45) is 7.93. The Kier molecular flexibility index (Phi) is 10.6. The molecule has 2 aromatic rings. The first-order valence-corrected chi connectivity index (χ1v) is 10.5. The number of benzene rings is 2. The highest BCUT2D eigenvalue weighted by Crippen LogP contribution is 2.13. The van der Waals surface area contributed by atoms with Gasteiger partial charge in [-0.1, -0.05) is 44.7 Å². The van der Waals surface area contributed by atoms with Gasteiger partial charge in [0.05, 0.1) is 19.9 Å². The van der Waals surface area contributed by atoms with E-state index in [0.717, 1.165) is 35.7 Å².